The van der Waals surface area contributed by atoms with E-state index in [0.717, 1.165) is 83.2 Å². The van der Waals surface area contributed by atoms with Crippen LogP contribution >= 0.6 is 0 Å². The maximum atomic E-state index is 12.7. The lowest BCUT2D eigenvalue weighted by Gasteiger charge is -2.63. The van der Waals surface area contributed by atoms with E-state index in [1.807, 2.05) is 0 Å². The Morgan fingerprint density at radius 2 is 1.93 bits per heavy atom. The van der Waals surface area contributed by atoms with Crippen LogP contribution in [0.1, 0.15) is 72.1 Å². The van der Waals surface area contributed by atoms with E-state index < -0.39 is 17.1 Å². The van der Waals surface area contributed by atoms with Gasteiger partial charge >= 0.3 is 18.0 Å². The van der Waals surface area contributed by atoms with Gasteiger partial charge in [0.15, 0.2) is 0 Å². The molecule has 0 bridgehead atoms. The summed E-state index contributed by atoms with van der Waals surface area (Å²) in [5.41, 5.74) is -0.544. The van der Waals surface area contributed by atoms with Crippen LogP contribution in [0.25, 0.3) is 0 Å². The molecule has 4 saturated carbocycles. The number of rotatable bonds is 6. The highest BCUT2D eigenvalue weighted by atomic mass is 16.5. The fourth-order valence-corrected chi connectivity index (χ4v) is 10.4. The molecule has 4 aliphatic carbocycles. The lowest BCUT2D eigenvalue weighted by atomic mass is 9.43. The summed E-state index contributed by atoms with van der Waals surface area (Å²) < 4.78 is 11.1. The number of nitrogens with zero attached hydrogens (tertiary/aromatic N) is 1. The van der Waals surface area contributed by atoms with Crippen LogP contribution in [-0.4, -0.2) is 91.6 Å². The number of esters is 2. The summed E-state index contributed by atoms with van der Waals surface area (Å²) in [5, 5.41) is 22.4. The summed E-state index contributed by atoms with van der Waals surface area (Å²) >= 11 is 0. The molecule has 0 spiro atoms. The van der Waals surface area contributed by atoms with E-state index in [4.69, 9.17) is 9.47 Å². The fourth-order valence-electron chi connectivity index (χ4n) is 10.4. The highest BCUT2D eigenvalue weighted by Crippen LogP contribution is 2.70. The van der Waals surface area contributed by atoms with E-state index in [1.165, 1.54) is 6.92 Å². The first-order valence-corrected chi connectivity index (χ1v) is 16.3. The van der Waals surface area contributed by atoms with Gasteiger partial charge < -0.3 is 30.5 Å². The lowest BCUT2D eigenvalue weighted by molar-refractivity contribution is -0.204. The molecule has 4 N–H and O–H groups in total. The standard InChI is InChI=1S/C32H50N4O6/c1-20(37)42-26-18-32(40)25-5-4-22-17-23(35-29(39)34-12-15-36-13-10-33-11-14-36)6-8-30(22,2)24(25)7-9-31(32,3)28(26)21-16-27(38)41-19-21/h16,22-26,28,33,40H,4-15,17-19H2,1-3H3,(H2,34,35,39)/t22-,23+,24+,25-,26+,28+,30+,31-,32+/m1/s1. The van der Waals surface area contributed by atoms with E-state index in [0.29, 0.717) is 24.8 Å². The van der Waals surface area contributed by atoms with Crippen molar-refractivity contribution in [1.29, 1.82) is 0 Å². The van der Waals surface area contributed by atoms with Gasteiger partial charge in [-0.25, -0.2) is 9.59 Å². The Balaban J connectivity index is 1.12. The van der Waals surface area contributed by atoms with Crippen LogP contribution in [0.4, 0.5) is 4.79 Å². The third-order valence-corrected chi connectivity index (χ3v) is 12.5. The minimum atomic E-state index is -0.986. The van der Waals surface area contributed by atoms with Crippen molar-refractivity contribution < 1.29 is 29.0 Å². The van der Waals surface area contributed by atoms with E-state index in [1.54, 1.807) is 6.08 Å². The van der Waals surface area contributed by atoms with Gasteiger partial charge in [-0.1, -0.05) is 13.8 Å². The van der Waals surface area contributed by atoms with Crippen LogP contribution in [0.3, 0.4) is 0 Å². The zero-order valence-electron chi connectivity index (χ0n) is 25.6. The first kappa shape index (κ1) is 29.9. The number of carbonyl (C=O) groups excluding carboxylic acids is 3. The number of hydrogen-bond acceptors (Lipinski definition) is 8. The van der Waals surface area contributed by atoms with Crippen LogP contribution < -0.4 is 16.0 Å². The number of aliphatic hydroxyl groups is 1. The number of fused-ring (bicyclic) bond motifs is 5. The molecule has 6 aliphatic rings. The number of piperazine rings is 1. The first-order valence-electron chi connectivity index (χ1n) is 16.3. The van der Waals surface area contributed by atoms with Gasteiger partial charge in [-0.3, -0.25) is 9.69 Å². The molecular formula is C32H50N4O6. The van der Waals surface area contributed by atoms with E-state index >= 15 is 0 Å². The molecule has 2 aliphatic heterocycles. The van der Waals surface area contributed by atoms with Crippen LogP contribution in [0.15, 0.2) is 11.6 Å². The number of urea groups is 1. The third kappa shape index (κ3) is 5.15. The van der Waals surface area contributed by atoms with Crippen LogP contribution in [0.2, 0.25) is 0 Å². The van der Waals surface area contributed by atoms with Gasteiger partial charge in [-0.05, 0) is 73.7 Å². The molecule has 2 heterocycles. The molecule has 234 valence electrons. The summed E-state index contributed by atoms with van der Waals surface area (Å²) in [6.45, 7) is 11.8. The molecule has 10 nitrogen and oxygen atoms in total. The SMILES string of the molecule is CC(=O)O[C@H]1C[C@]2(O)[C@@H]3CC[C@@H]4C[C@@H](NC(=O)NCCN5CCNCC5)CC[C@]4(C)[C@H]3CC[C@]2(C)[C@H]1C1=CC(=O)OC1. The molecular weight excluding hydrogens is 536 g/mol. The van der Waals surface area contributed by atoms with Crippen molar-refractivity contribution in [2.24, 2.45) is 34.5 Å². The maximum absolute atomic E-state index is 12.7. The molecule has 0 aromatic heterocycles. The number of ether oxygens (including phenoxy) is 2. The first-order chi connectivity index (χ1) is 20.0. The van der Waals surface area contributed by atoms with Gasteiger partial charge in [0.25, 0.3) is 0 Å². The van der Waals surface area contributed by atoms with E-state index in [-0.39, 0.29) is 47.9 Å². The van der Waals surface area contributed by atoms with Crippen molar-refractivity contribution in [1.82, 2.24) is 20.9 Å². The molecule has 0 aromatic rings. The molecule has 0 radical (unpaired) electrons. The predicted octanol–water partition coefficient (Wildman–Crippen LogP) is 2.36. The predicted molar refractivity (Wildman–Crippen MR) is 156 cm³/mol. The van der Waals surface area contributed by atoms with Gasteiger partial charge in [-0.15, -0.1) is 0 Å². The van der Waals surface area contributed by atoms with Crippen molar-refractivity contribution in [3.05, 3.63) is 11.6 Å². The smallest absolute Gasteiger partial charge is 0.331 e. The maximum Gasteiger partial charge on any atom is 0.331 e. The normalized spacial score (nSPS) is 43.3. The van der Waals surface area contributed by atoms with Crippen LogP contribution in [0.5, 0.6) is 0 Å². The third-order valence-electron chi connectivity index (χ3n) is 12.5. The monoisotopic (exact) mass is 586 g/mol. The van der Waals surface area contributed by atoms with Crippen molar-refractivity contribution in [3.8, 4) is 0 Å². The second kappa shape index (κ2) is 11.4. The minimum absolute atomic E-state index is 0.0626. The number of cyclic esters (lactones) is 1. The molecule has 0 unspecified atom stereocenters. The van der Waals surface area contributed by atoms with E-state index in [9.17, 15) is 19.5 Å². The molecule has 42 heavy (non-hydrogen) atoms. The van der Waals surface area contributed by atoms with Crippen molar-refractivity contribution in [2.45, 2.75) is 89.9 Å². The van der Waals surface area contributed by atoms with Gasteiger partial charge in [0.2, 0.25) is 0 Å². The van der Waals surface area contributed by atoms with Crippen molar-refractivity contribution >= 4 is 18.0 Å². The average molecular weight is 587 g/mol. The van der Waals surface area contributed by atoms with Crippen molar-refractivity contribution in [3.63, 3.8) is 0 Å². The zero-order valence-corrected chi connectivity index (χ0v) is 25.6. The van der Waals surface area contributed by atoms with Gasteiger partial charge in [0, 0.05) is 76.1 Å². The van der Waals surface area contributed by atoms with Crippen LogP contribution in [-0.2, 0) is 19.1 Å². The van der Waals surface area contributed by atoms with Crippen molar-refractivity contribution in [2.75, 3.05) is 45.9 Å². The number of nitrogens with one attached hydrogen (secondary N) is 3. The number of amides is 2. The Labute approximate surface area is 249 Å². The second-order valence-electron chi connectivity index (χ2n) is 14.5. The van der Waals surface area contributed by atoms with Gasteiger partial charge in [0.05, 0.1) is 5.60 Å². The Morgan fingerprint density at radius 3 is 2.64 bits per heavy atom. The quantitative estimate of drug-likeness (QED) is 0.349. The molecule has 6 rings (SSSR count). The number of hydrogen-bond donors (Lipinski definition) is 4. The van der Waals surface area contributed by atoms with Gasteiger partial charge in [0.1, 0.15) is 12.7 Å². The Kier molecular flexibility index (Phi) is 8.11. The molecule has 0 aromatic carbocycles. The fraction of sp³-hybridized carbons (Fsp3) is 0.844. The minimum Gasteiger partial charge on any atom is -0.462 e. The highest BCUT2D eigenvalue weighted by molar-refractivity contribution is 5.85. The second-order valence-corrected chi connectivity index (χ2v) is 14.5. The molecule has 10 heteroatoms. The highest BCUT2D eigenvalue weighted by Gasteiger charge is 2.71. The summed E-state index contributed by atoms with van der Waals surface area (Å²) in [4.78, 5) is 39.3. The lowest BCUT2D eigenvalue weighted by Crippen LogP contribution is -2.63. The average Bonchev–Trinajstić information content (AvgIpc) is 3.46. The topological polar surface area (TPSA) is 129 Å². The zero-order chi connectivity index (χ0) is 29.7. The van der Waals surface area contributed by atoms with E-state index in [2.05, 4.69) is 34.7 Å². The Hall–Kier alpha value is -2.17. The molecule has 9 atom stereocenters. The Morgan fingerprint density at radius 1 is 1.14 bits per heavy atom. The summed E-state index contributed by atoms with van der Waals surface area (Å²) in [7, 11) is 0. The van der Waals surface area contributed by atoms with Gasteiger partial charge in [-0.2, -0.15) is 0 Å². The molecule has 2 amide bonds. The van der Waals surface area contributed by atoms with Crippen LogP contribution in [0, 0.1) is 34.5 Å². The Bertz CT molecular complexity index is 1110. The summed E-state index contributed by atoms with van der Waals surface area (Å²) in [6.07, 6.45) is 8.21. The molecule has 5 fully saturated rings. The molecule has 1 saturated heterocycles. The largest absolute Gasteiger partial charge is 0.462 e. The summed E-state index contributed by atoms with van der Waals surface area (Å²) in [6, 6.07) is 0.110. The number of carbonyl (C=O) groups is 3. The summed E-state index contributed by atoms with van der Waals surface area (Å²) in [5.74, 6) is 0.0387.